The maximum atomic E-state index is 11.0. The maximum absolute atomic E-state index is 11.0. The number of hydrogen-bond acceptors (Lipinski definition) is 4. The summed E-state index contributed by atoms with van der Waals surface area (Å²) in [7, 11) is 1.50. The molecule has 0 aliphatic heterocycles. The summed E-state index contributed by atoms with van der Waals surface area (Å²) in [6.45, 7) is 1.82. The fourth-order valence-corrected chi connectivity index (χ4v) is 1.48. The number of benzene rings is 1. The Kier molecular flexibility index (Phi) is 4.01. The topological polar surface area (TPSA) is 62.1 Å². The second-order valence-corrected chi connectivity index (χ2v) is 3.62. The van der Waals surface area contributed by atoms with Crippen LogP contribution in [0.2, 0.25) is 0 Å². The number of carbonyl (C=O) groups is 1. The Balaban J connectivity index is 2.84. The Morgan fingerprint density at radius 3 is 2.87 bits per heavy atom. The average molecular weight is 222 g/mol. The van der Waals surface area contributed by atoms with Gasteiger partial charge in [-0.05, 0) is 42.4 Å². The number of thiocyanates is 1. The molecule has 0 aliphatic carbocycles. The van der Waals surface area contributed by atoms with Crippen LogP contribution in [0.3, 0.4) is 0 Å². The molecule has 78 valence electrons. The molecule has 4 nitrogen and oxygen atoms in total. The first-order valence-corrected chi connectivity index (χ1v) is 5.05. The van der Waals surface area contributed by atoms with Crippen molar-refractivity contribution in [2.75, 3.05) is 7.05 Å². The average Bonchev–Trinajstić information content (AvgIpc) is 2.22. The van der Waals surface area contributed by atoms with Crippen LogP contribution >= 0.6 is 11.8 Å². The molecule has 1 N–H and O–H groups in total. The summed E-state index contributed by atoms with van der Waals surface area (Å²) in [6, 6.07) is 5.20. The molecule has 0 aromatic heterocycles. The van der Waals surface area contributed by atoms with E-state index in [1.165, 1.54) is 7.05 Å². The standard InChI is InChI=1S/C10H10N2O2S/c1-7-5-8(15-6-11)3-4-9(7)14-10(13)12-2/h3-5H,1-2H3,(H,12,13). The number of nitrogens with one attached hydrogen (secondary N) is 1. The molecule has 1 amide bonds. The molecule has 0 atom stereocenters. The molecule has 0 aliphatic rings. The molecular formula is C10H10N2O2S. The van der Waals surface area contributed by atoms with Gasteiger partial charge >= 0.3 is 6.09 Å². The van der Waals surface area contributed by atoms with Crippen LogP contribution in [0.4, 0.5) is 4.79 Å². The van der Waals surface area contributed by atoms with Crippen LogP contribution in [0.25, 0.3) is 0 Å². The molecule has 1 rings (SSSR count). The smallest absolute Gasteiger partial charge is 0.410 e. The lowest BCUT2D eigenvalue weighted by Gasteiger charge is -2.06. The third-order valence-corrected chi connectivity index (χ3v) is 2.30. The van der Waals surface area contributed by atoms with Gasteiger partial charge in [0.2, 0.25) is 0 Å². The second kappa shape index (κ2) is 5.27. The van der Waals surface area contributed by atoms with Crippen LogP contribution < -0.4 is 10.1 Å². The molecule has 0 fully saturated rings. The third kappa shape index (κ3) is 3.18. The molecule has 0 saturated heterocycles. The summed E-state index contributed by atoms with van der Waals surface area (Å²) in [5.41, 5.74) is 0.818. The van der Waals surface area contributed by atoms with Crippen LogP contribution in [-0.2, 0) is 0 Å². The lowest BCUT2D eigenvalue weighted by Crippen LogP contribution is -2.22. The normalized spacial score (nSPS) is 9.13. The first-order chi connectivity index (χ1) is 7.17. The number of rotatable bonds is 2. The molecule has 0 unspecified atom stereocenters. The van der Waals surface area contributed by atoms with Gasteiger partial charge in [-0.15, -0.1) is 0 Å². The predicted octanol–water partition coefficient (Wildman–Crippen LogP) is 2.29. The fraction of sp³-hybridized carbons (Fsp3) is 0.200. The minimum Gasteiger partial charge on any atom is -0.410 e. The summed E-state index contributed by atoms with van der Waals surface area (Å²) < 4.78 is 4.99. The monoisotopic (exact) mass is 222 g/mol. The van der Waals surface area contributed by atoms with Gasteiger partial charge in [-0.25, -0.2) is 4.79 Å². The number of hydrogen-bond donors (Lipinski definition) is 1. The minimum atomic E-state index is -0.501. The van der Waals surface area contributed by atoms with Crippen LogP contribution in [0.1, 0.15) is 5.56 Å². The quantitative estimate of drug-likeness (QED) is 0.616. The highest BCUT2D eigenvalue weighted by atomic mass is 32.2. The van der Waals surface area contributed by atoms with E-state index in [0.29, 0.717) is 5.75 Å². The van der Waals surface area contributed by atoms with E-state index in [0.717, 1.165) is 22.2 Å². The van der Waals surface area contributed by atoms with Crippen LogP contribution in [-0.4, -0.2) is 13.1 Å². The van der Waals surface area contributed by atoms with Crippen molar-refractivity contribution >= 4 is 17.9 Å². The van der Waals surface area contributed by atoms with E-state index in [4.69, 9.17) is 10.00 Å². The van der Waals surface area contributed by atoms with Crippen molar-refractivity contribution in [1.82, 2.24) is 5.32 Å². The minimum absolute atomic E-state index is 0.497. The zero-order valence-corrected chi connectivity index (χ0v) is 9.22. The molecule has 15 heavy (non-hydrogen) atoms. The predicted molar refractivity (Wildman–Crippen MR) is 57.7 cm³/mol. The fourth-order valence-electron chi connectivity index (χ4n) is 1.00. The van der Waals surface area contributed by atoms with Crippen LogP contribution in [0.15, 0.2) is 23.1 Å². The van der Waals surface area contributed by atoms with Crippen molar-refractivity contribution in [2.24, 2.45) is 0 Å². The van der Waals surface area contributed by atoms with E-state index < -0.39 is 6.09 Å². The number of nitriles is 1. The Bertz CT molecular complexity index is 412. The van der Waals surface area contributed by atoms with Crippen molar-refractivity contribution in [1.29, 1.82) is 5.26 Å². The zero-order chi connectivity index (χ0) is 11.3. The summed E-state index contributed by atoms with van der Waals surface area (Å²) >= 11 is 1.07. The van der Waals surface area contributed by atoms with E-state index >= 15 is 0 Å². The van der Waals surface area contributed by atoms with Crippen molar-refractivity contribution in [2.45, 2.75) is 11.8 Å². The van der Waals surface area contributed by atoms with Gasteiger partial charge in [0.05, 0.1) is 0 Å². The Morgan fingerprint density at radius 2 is 2.33 bits per heavy atom. The first-order valence-electron chi connectivity index (χ1n) is 4.23. The molecule has 1 aromatic carbocycles. The van der Waals surface area contributed by atoms with Gasteiger partial charge in [-0.3, -0.25) is 0 Å². The number of amides is 1. The lowest BCUT2D eigenvalue weighted by molar-refractivity contribution is 0.202. The van der Waals surface area contributed by atoms with Crippen molar-refractivity contribution in [3.8, 4) is 11.2 Å². The van der Waals surface area contributed by atoms with Crippen molar-refractivity contribution in [3.05, 3.63) is 23.8 Å². The highest BCUT2D eigenvalue weighted by Gasteiger charge is 2.05. The number of carbonyl (C=O) groups excluding carboxylic acids is 1. The molecule has 0 bridgehead atoms. The molecule has 1 aromatic rings. The van der Waals surface area contributed by atoms with Gasteiger partial charge in [-0.2, -0.15) is 5.26 Å². The highest BCUT2D eigenvalue weighted by Crippen LogP contribution is 2.24. The zero-order valence-electron chi connectivity index (χ0n) is 8.40. The van der Waals surface area contributed by atoms with E-state index in [-0.39, 0.29) is 0 Å². The number of thioether (sulfide) groups is 1. The molecule has 5 heteroatoms. The summed E-state index contributed by atoms with van der Waals surface area (Å²) in [5, 5.41) is 12.8. The number of aryl methyl sites for hydroxylation is 1. The summed E-state index contributed by atoms with van der Waals surface area (Å²) in [6.07, 6.45) is -0.501. The maximum Gasteiger partial charge on any atom is 0.412 e. The van der Waals surface area contributed by atoms with Gasteiger partial charge in [-0.1, -0.05) is 0 Å². The largest absolute Gasteiger partial charge is 0.412 e. The van der Waals surface area contributed by atoms with Gasteiger partial charge in [0, 0.05) is 11.9 Å². The van der Waals surface area contributed by atoms with Gasteiger partial charge in [0.15, 0.2) is 0 Å². The Morgan fingerprint density at radius 1 is 1.60 bits per heavy atom. The van der Waals surface area contributed by atoms with Gasteiger partial charge in [0.25, 0.3) is 0 Å². The summed E-state index contributed by atoms with van der Waals surface area (Å²) in [5.74, 6) is 0.497. The van der Waals surface area contributed by atoms with Crippen LogP contribution in [0.5, 0.6) is 5.75 Å². The Labute approximate surface area is 92.2 Å². The molecular weight excluding hydrogens is 212 g/mol. The van der Waals surface area contributed by atoms with E-state index in [1.807, 2.05) is 12.3 Å². The first kappa shape index (κ1) is 11.4. The van der Waals surface area contributed by atoms with Gasteiger partial charge < -0.3 is 10.1 Å². The number of nitrogens with zero attached hydrogens (tertiary/aromatic N) is 1. The van der Waals surface area contributed by atoms with Crippen LogP contribution in [0, 0.1) is 17.6 Å². The molecule has 0 heterocycles. The SMILES string of the molecule is CNC(=O)Oc1ccc(SC#N)cc1C. The van der Waals surface area contributed by atoms with Crippen molar-refractivity contribution < 1.29 is 9.53 Å². The number of ether oxygens (including phenoxy) is 1. The van der Waals surface area contributed by atoms with E-state index in [2.05, 4.69) is 5.32 Å². The molecule has 0 radical (unpaired) electrons. The van der Waals surface area contributed by atoms with E-state index in [1.54, 1.807) is 18.2 Å². The second-order valence-electron chi connectivity index (χ2n) is 2.76. The Hall–Kier alpha value is -1.67. The van der Waals surface area contributed by atoms with Gasteiger partial charge in [0.1, 0.15) is 11.2 Å². The summed E-state index contributed by atoms with van der Waals surface area (Å²) in [4.78, 5) is 11.8. The van der Waals surface area contributed by atoms with E-state index in [9.17, 15) is 4.79 Å². The highest BCUT2D eigenvalue weighted by molar-refractivity contribution is 8.03. The van der Waals surface area contributed by atoms with Crippen molar-refractivity contribution in [3.63, 3.8) is 0 Å². The third-order valence-electron chi connectivity index (χ3n) is 1.72. The molecule has 0 spiro atoms. The lowest BCUT2D eigenvalue weighted by atomic mass is 10.2. The molecule has 0 saturated carbocycles.